The smallest absolute Gasteiger partial charge is 0.408 e. The molecule has 0 heterocycles. The Hall–Kier alpha value is -1.66. The van der Waals surface area contributed by atoms with Crippen LogP contribution in [0.3, 0.4) is 0 Å². The van der Waals surface area contributed by atoms with E-state index in [0.29, 0.717) is 12.8 Å². The molecule has 0 aromatic carbocycles. The Balaban J connectivity index is 1.97. The number of carboxylic acid groups (broad SMARTS) is 1. The minimum atomic E-state index is -2.65. The number of alkyl halides is 2. The molecule has 0 bridgehead atoms. The first kappa shape index (κ1) is 15.7. The minimum absolute atomic E-state index is 0.0150. The SMILES string of the molecule is C=CCOC(=O)NC1(C(=O)O)CC2(CCC(F)(F)CC2)C1. The number of hydrogen-bond acceptors (Lipinski definition) is 3. The Kier molecular flexibility index (Phi) is 3.95. The highest BCUT2D eigenvalue weighted by atomic mass is 19.3. The molecule has 2 N–H and O–H groups in total. The van der Waals surface area contributed by atoms with Crippen LogP contribution < -0.4 is 5.32 Å². The molecule has 118 valence electrons. The van der Waals surface area contributed by atoms with Crippen LogP contribution in [0.1, 0.15) is 38.5 Å². The van der Waals surface area contributed by atoms with E-state index < -0.39 is 28.9 Å². The van der Waals surface area contributed by atoms with Crippen molar-refractivity contribution in [3.8, 4) is 0 Å². The summed E-state index contributed by atoms with van der Waals surface area (Å²) in [4.78, 5) is 23.0. The molecule has 0 aliphatic heterocycles. The maximum atomic E-state index is 13.2. The molecule has 1 spiro atoms. The van der Waals surface area contributed by atoms with Crippen LogP contribution in [-0.2, 0) is 9.53 Å². The van der Waals surface area contributed by atoms with Gasteiger partial charge in [-0.1, -0.05) is 12.7 Å². The van der Waals surface area contributed by atoms with Crippen molar-refractivity contribution in [1.82, 2.24) is 5.32 Å². The summed E-state index contributed by atoms with van der Waals surface area (Å²) in [7, 11) is 0. The summed E-state index contributed by atoms with van der Waals surface area (Å²) in [6.45, 7) is 3.37. The van der Waals surface area contributed by atoms with Gasteiger partial charge in [0.25, 0.3) is 0 Å². The molecular formula is C14H19F2NO4. The number of nitrogens with one attached hydrogen (secondary N) is 1. The lowest BCUT2D eigenvalue weighted by Gasteiger charge is -2.56. The predicted molar refractivity (Wildman–Crippen MR) is 70.1 cm³/mol. The van der Waals surface area contributed by atoms with E-state index in [4.69, 9.17) is 4.74 Å². The maximum Gasteiger partial charge on any atom is 0.408 e. The van der Waals surface area contributed by atoms with E-state index in [-0.39, 0.29) is 32.3 Å². The quantitative estimate of drug-likeness (QED) is 0.783. The molecule has 2 rings (SSSR count). The van der Waals surface area contributed by atoms with Gasteiger partial charge >= 0.3 is 12.1 Å². The molecule has 0 unspecified atom stereocenters. The fourth-order valence-electron chi connectivity index (χ4n) is 3.39. The first-order valence-electron chi connectivity index (χ1n) is 6.90. The fraction of sp³-hybridized carbons (Fsp3) is 0.714. The summed E-state index contributed by atoms with van der Waals surface area (Å²) < 4.78 is 31.1. The first-order chi connectivity index (χ1) is 9.73. The van der Waals surface area contributed by atoms with Gasteiger partial charge in [0, 0.05) is 12.8 Å². The molecule has 5 nitrogen and oxygen atoms in total. The summed E-state index contributed by atoms with van der Waals surface area (Å²) in [6.07, 6.45) is 1.04. The van der Waals surface area contributed by atoms with E-state index >= 15 is 0 Å². The number of carboxylic acids is 1. The van der Waals surface area contributed by atoms with Crippen LogP contribution >= 0.6 is 0 Å². The molecule has 0 aromatic heterocycles. The molecule has 0 aromatic rings. The van der Waals surface area contributed by atoms with Crippen LogP contribution in [0.25, 0.3) is 0 Å². The van der Waals surface area contributed by atoms with Crippen LogP contribution in [0, 0.1) is 5.41 Å². The summed E-state index contributed by atoms with van der Waals surface area (Å²) in [5, 5.41) is 11.7. The monoisotopic (exact) mass is 303 g/mol. The standard InChI is InChI=1S/C14H19F2NO4/c1-2-7-21-11(20)17-13(10(18)19)8-12(9-13)3-5-14(15,16)6-4-12/h2H,1,3-9H2,(H,17,20)(H,18,19). The van der Waals surface area contributed by atoms with Gasteiger partial charge in [-0.25, -0.2) is 18.4 Å². The van der Waals surface area contributed by atoms with Gasteiger partial charge in [-0.2, -0.15) is 0 Å². The van der Waals surface area contributed by atoms with E-state index in [2.05, 4.69) is 11.9 Å². The van der Waals surface area contributed by atoms with Gasteiger partial charge in [-0.15, -0.1) is 0 Å². The summed E-state index contributed by atoms with van der Waals surface area (Å²) in [5.41, 5.74) is -1.79. The number of amides is 1. The van der Waals surface area contributed by atoms with Gasteiger partial charge in [-0.05, 0) is 31.1 Å². The molecular weight excluding hydrogens is 284 g/mol. The third-order valence-electron chi connectivity index (χ3n) is 4.48. The second-order valence-corrected chi connectivity index (χ2v) is 6.11. The molecule has 7 heteroatoms. The first-order valence-corrected chi connectivity index (χ1v) is 6.90. The van der Waals surface area contributed by atoms with Gasteiger partial charge in [0.15, 0.2) is 0 Å². The normalized spacial score (nSPS) is 24.7. The van der Waals surface area contributed by atoms with Crippen LogP contribution in [0.4, 0.5) is 13.6 Å². The number of carbonyl (C=O) groups is 2. The largest absolute Gasteiger partial charge is 0.480 e. The van der Waals surface area contributed by atoms with E-state index in [0.717, 1.165) is 0 Å². The molecule has 0 saturated heterocycles. The third kappa shape index (κ3) is 3.16. The lowest BCUT2D eigenvalue weighted by atomic mass is 9.51. The average molecular weight is 303 g/mol. The lowest BCUT2D eigenvalue weighted by Crippen LogP contribution is -2.67. The molecule has 2 fully saturated rings. The van der Waals surface area contributed by atoms with Crippen molar-refractivity contribution in [2.75, 3.05) is 6.61 Å². The number of carbonyl (C=O) groups excluding carboxylic acids is 1. The lowest BCUT2D eigenvalue weighted by molar-refractivity contribution is -0.164. The van der Waals surface area contributed by atoms with Gasteiger partial charge in [0.1, 0.15) is 12.1 Å². The van der Waals surface area contributed by atoms with Gasteiger partial charge in [0.05, 0.1) is 0 Å². The van der Waals surface area contributed by atoms with Crippen LogP contribution in [0.5, 0.6) is 0 Å². The second-order valence-electron chi connectivity index (χ2n) is 6.11. The van der Waals surface area contributed by atoms with Crippen LogP contribution in [-0.4, -0.2) is 35.2 Å². The van der Waals surface area contributed by atoms with Crippen LogP contribution in [0.2, 0.25) is 0 Å². The number of hydrogen-bond donors (Lipinski definition) is 2. The van der Waals surface area contributed by atoms with Crippen molar-refractivity contribution in [1.29, 1.82) is 0 Å². The van der Waals surface area contributed by atoms with E-state index in [1.165, 1.54) is 6.08 Å². The zero-order valence-corrected chi connectivity index (χ0v) is 11.7. The fourth-order valence-corrected chi connectivity index (χ4v) is 3.39. The number of ether oxygens (including phenoxy) is 1. The Labute approximate surface area is 121 Å². The number of alkyl carbamates (subject to hydrolysis) is 1. The highest BCUT2D eigenvalue weighted by Crippen LogP contribution is 2.59. The van der Waals surface area contributed by atoms with Crippen LogP contribution in [0.15, 0.2) is 12.7 Å². The van der Waals surface area contributed by atoms with E-state index in [1.54, 1.807) is 0 Å². The average Bonchev–Trinajstić information content (AvgIpc) is 2.36. The highest BCUT2D eigenvalue weighted by molar-refractivity contribution is 5.86. The topological polar surface area (TPSA) is 75.6 Å². The Morgan fingerprint density at radius 1 is 1.24 bits per heavy atom. The minimum Gasteiger partial charge on any atom is -0.480 e. The summed E-state index contributed by atoms with van der Waals surface area (Å²) in [5.74, 6) is -3.80. The second kappa shape index (κ2) is 5.27. The van der Waals surface area contributed by atoms with Crippen molar-refractivity contribution in [3.05, 3.63) is 12.7 Å². The van der Waals surface area contributed by atoms with Crippen molar-refractivity contribution in [2.24, 2.45) is 5.41 Å². The van der Waals surface area contributed by atoms with Gasteiger partial charge in [-0.3, -0.25) is 0 Å². The molecule has 2 aliphatic rings. The predicted octanol–water partition coefficient (Wildman–Crippen LogP) is 2.71. The van der Waals surface area contributed by atoms with Crippen molar-refractivity contribution >= 4 is 12.1 Å². The molecule has 2 saturated carbocycles. The van der Waals surface area contributed by atoms with Gasteiger partial charge in [0.2, 0.25) is 5.92 Å². The zero-order valence-electron chi connectivity index (χ0n) is 11.7. The zero-order chi connectivity index (χ0) is 15.7. The number of halogens is 2. The Morgan fingerprint density at radius 2 is 1.81 bits per heavy atom. The van der Waals surface area contributed by atoms with Crippen molar-refractivity contribution in [3.63, 3.8) is 0 Å². The summed E-state index contributed by atoms with van der Waals surface area (Å²) in [6, 6.07) is 0. The summed E-state index contributed by atoms with van der Waals surface area (Å²) >= 11 is 0. The van der Waals surface area contributed by atoms with Crippen molar-refractivity contribution in [2.45, 2.75) is 50.0 Å². The maximum absolute atomic E-state index is 13.2. The van der Waals surface area contributed by atoms with Gasteiger partial charge < -0.3 is 15.2 Å². The molecule has 0 atom stereocenters. The Bertz CT molecular complexity index is 446. The number of aliphatic carboxylic acids is 1. The number of rotatable bonds is 4. The van der Waals surface area contributed by atoms with E-state index in [1.807, 2.05) is 0 Å². The molecule has 1 amide bonds. The molecule has 0 radical (unpaired) electrons. The van der Waals surface area contributed by atoms with Crippen molar-refractivity contribution < 1.29 is 28.2 Å². The third-order valence-corrected chi connectivity index (χ3v) is 4.48. The van der Waals surface area contributed by atoms with E-state index in [9.17, 15) is 23.5 Å². The Morgan fingerprint density at radius 3 is 2.29 bits per heavy atom. The highest BCUT2D eigenvalue weighted by Gasteiger charge is 2.62. The molecule has 21 heavy (non-hydrogen) atoms. The molecule has 2 aliphatic carbocycles.